The smallest absolute Gasteiger partial charge is 0.318 e. The van der Waals surface area contributed by atoms with Gasteiger partial charge in [-0.05, 0) is 26.0 Å². The number of likely N-dealkylation sites (N-methyl/N-ethyl adjacent to an activating group) is 1. The molecule has 2 aliphatic rings. The van der Waals surface area contributed by atoms with E-state index in [0.717, 1.165) is 38.3 Å². The molecule has 3 aromatic heterocycles. The fourth-order valence-electron chi connectivity index (χ4n) is 4.95. The maximum absolute atomic E-state index is 13.0. The van der Waals surface area contributed by atoms with Gasteiger partial charge in [-0.25, -0.2) is 9.97 Å². The summed E-state index contributed by atoms with van der Waals surface area (Å²) in [5.41, 5.74) is 1.10. The molecule has 0 amide bonds. The van der Waals surface area contributed by atoms with Gasteiger partial charge in [0, 0.05) is 82.9 Å². The first-order chi connectivity index (χ1) is 16.9. The summed E-state index contributed by atoms with van der Waals surface area (Å²) in [5, 5.41) is 0. The van der Waals surface area contributed by atoms with Gasteiger partial charge in [-0.1, -0.05) is 0 Å². The van der Waals surface area contributed by atoms with Crippen molar-refractivity contribution in [1.29, 1.82) is 0 Å². The Bertz CT molecular complexity index is 1300. The molecule has 5 heterocycles. The van der Waals surface area contributed by atoms with Crippen LogP contribution in [0.1, 0.15) is 24.4 Å². The summed E-state index contributed by atoms with van der Waals surface area (Å²) in [6.07, 6.45) is 5.21. The number of piperazine rings is 1. The van der Waals surface area contributed by atoms with Crippen molar-refractivity contribution in [2.45, 2.75) is 25.4 Å². The molecule has 35 heavy (non-hydrogen) atoms. The highest BCUT2D eigenvalue weighted by Gasteiger charge is 2.26. The van der Waals surface area contributed by atoms with Crippen molar-refractivity contribution in [2.75, 3.05) is 58.3 Å². The first-order valence-corrected chi connectivity index (χ1v) is 12.1. The lowest BCUT2D eigenvalue weighted by atomic mass is 10.0. The van der Waals surface area contributed by atoms with Crippen LogP contribution in [0.25, 0.3) is 11.2 Å². The van der Waals surface area contributed by atoms with E-state index in [-0.39, 0.29) is 6.04 Å². The lowest BCUT2D eigenvalue weighted by Gasteiger charge is -2.33. The second-order valence-corrected chi connectivity index (χ2v) is 9.42. The lowest BCUT2D eigenvalue weighted by molar-refractivity contribution is 0.148. The molecule has 2 saturated heterocycles. The molecule has 3 aromatic rings. The highest BCUT2D eigenvalue weighted by molar-refractivity contribution is 5.71. The van der Waals surface area contributed by atoms with Gasteiger partial charge in [0.2, 0.25) is 11.8 Å². The molecule has 2 fully saturated rings. The third kappa shape index (κ3) is 4.65. The summed E-state index contributed by atoms with van der Waals surface area (Å²) in [6, 6.07) is 3.33. The Balaban J connectivity index is 1.30. The maximum Gasteiger partial charge on any atom is 0.318 e. The van der Waals surface area contributed by atoms with E-state index in [4.69, 9.17) is 4.74 Å². The summed E-state index contributed by atoms with van der Waals surface area (Å²) in [7, 11) is 5.29. The van der Waals surface area contributed by atoms with E-state index < -0.39 is 11.1 Å². The van der Waals surface area contributed by atoms with Gasteiger partial charge in [0.25, 0.3) is 0 Å². The lowest BCUT2D eigenvalue weighted by Crippen LogP contribution is -2.45. The van der Waals surface area contributed by atoms with Crippen LogP contribution >= 0.6 is 0 Å². The Hall–Kier alpha value is -3.31. The fourth-order valence-corrected chi connectivity index (χ4v) is 4.95. The minimum Gasteiger partial charge on any atom is -0.481 e. The van der Waals surface area contributed by atoms with Crippen molar-refractivity contribution < 1.29 is 4.74 Å². The molecule has 0 spiro atoms. The number of piperidine rings is 1. The third-order valence-electron chi connectivity index (χ3n) is 7.14. The molecule has 0 saturated carbocycles. The molecule has 0 bridgehead atoms. The van der Waals surface area contributed by atoms with Crippen molar-refractivity contribution in [2.24, 2.45) is 7.05 Å². The van der Waals surface area contributed by atoms with Crippen LogP contribution in [0.4, 0.5) is 5.95 Å². The Morgan fingerprint density at radius 3 is 2.29 bits per heavy atom. The molecule has 0 atom stereocenters. The van der Waals surface area contributed by atoms with E-state index in [1.807, 2.05) is 12.4 Å². The largest absolute Gasteiger partial charge is 0.481 e. The van der Waals surface area contributed by atoms with E-state index >= 15 is 0 Å². The number of anilines is 1. The average molecular weight is 481 g/mol. The molecule has 11 heteroatoms. The Kier molecular flexibility index (Phi) is 6.52. The summed E-state index contributed by atoms with van der Waals surface area (Å²) < 4.78 is 8.18. The topological polar surface area (TPSA) is 102 Å². The van der Waals surface area contributed by atoms with Crippen molar-refractivity contribution in [3.8, 4) is 5.88 Å². The first kappa shape index (κ1) is 23.4. The summed E-state index contributed by atoms with van der Waals surface area (Å²) in [4.78, 5) is 46.3. The SMILES string of the molecule is COc1ccc2c(n1)n(C1CCN(c3ncc(CN4CCN(C)CC4)cn3)CC1)c(=O)c(=O)n2C. The Morgan fingerprint density at radius 2 is 1.63 bits per heavy atom. The van der Waals surface area contributed by atoms with E-state index in [1.165, 1.54) is 11.7 Å². The van der Waals surface area contributed by atoms with Crippen LogP contribution in [0.2, 0.25) is 0 Å². The van der Waals surface area contributed by atoms with Gasteiger partial charge < -0.3 is 19.1 Å². The fraction of sp³-hybridized carbons (Fsp3) is 0.542. The normalized spacial score (nSPS) is 18.3. The van der Waals surface area contributed by atoms with Gasteiger partial charge in [0.05, 0.1) is 12.6 Å². The standard InChI is InChI=1S/C24H32N8O3/c1-28-10-12-30(13-11-28)16-17-14-25-24(26-15-17)31-8-6-18(7-9-31)32-21-19(4-5-20(27-21)35-3)29(2)22(33)23(32)34/h4-5,14-15,18H,6-13,16H2,1-3H3. The number of pyridine rings is 1. The molecule has 5 rings (SSSR count). The molecular weight excluding hydrogens is 448 g/mol. The molecule has 11 nitrogen and oxygen atoms in total. The zero-order valence-electron chi connectivity index (χ0n) is 20.6. The van der Waals surface area contributed by atoms with Crippen molar-refractivity contribution in [1.82, 2.24) is 33.9 Å². The number of aryl methyl sites for hydroxylation is 1. The predicted molar refractivity (Wildman–Crippen MR) is 133 cm³/mol. The number of fused-ring (bicyclic) bond motifs is 1. The number of rotatable bonds is 5. The van der Waals surface area contributed by atoms with Crippen molar-refractivity contribution in [3.05, 3.63) is 50.8 Å². The minimum absolute atomic E-state index is 0.133. The zero-order chi connectivity index (χ0) is 24.5. The number of ether oxygens (including phenoxy) is 1. The monoisotopic (exact) mass is 480 g/mol. The minimum atomic E-state index is -0.552. The molecule has 186 valence electrons. The Labute approximate surface area is 203 Å². The van der Waals surface area contributed by atoms with Gasteiger partial charge in [-0.2, -0.15) is 4.98 Å². The average Bonchev–Trinajstić information content (AvgIpc) is 2.89. The molecule has 0 unspecified atom stereocenters. The number of aromatic nitrogens is 5. The van der Waals surface area contributed by atoms with Crippen LogP contribution in [-0.4, -0.2) is 87.3 Å². The van der Waals surface area contributed by atoms with Crippen LogP contribution in [0.5, 0.6) is 5.88 Å². The maximum atomic E-state index is 13.0. The van der Waals surface area contributed by atoms with Crippen LogP contribution < -0.4 is 20.8 Å². The molecule has 0 aliphatic carbocycles. The van der Waals surface area contributed by atoms with Crippen LogP contribution in [-0.2, 0) is 13.6 Å². The number of nitrogens with zero attached hydrogens (tertiary/aromatic N) is 8. The van der Waals surface area contributed by atoms with Gasteiger partial charge in [-0.15, -0.1) is 0 Å². The van der Waals surface area contributed by atoms with Crippen molar-refractivity contribution >= 4 is 17.1 Å². The second-order valence-electron chi connectivity index (χ2n) is 9.42. The Morgan fingerprint density at radius 1 is 0.943 bits per heavy atom. The highest BCUT2D eigenvalue weighted by atomic mass is 16.5. The van der Waals surface area contributed by atoms with Crippen molar-refractivity contribution in [3.63, 3.8) is 0 Å². The number of hydrogen-bond donors (Lipinski definition) is 0. The van der Waals surface area contributed by atoms with E-state index in [1.54, 1.807) is 23.7 Å². The number of hydrogen-bond acceptors (Lipinski definition) is 9. The highest BCUT2D eigenvalue weighted by Crippen LogP contribution is 2.26. The summed E-state index contributed by atoms with van der Waals surface area (Å²) >= 11 is 0. The molecule has 0 aromatic carbocycles. The molecule has 0 N–H and O–H groups in total. The zero-order valence-corrected chi connectivity index (χ0v) is 20.6. The predicted octanol–water partition coefficient (Wildman–Crippen LogP) is 0.483. The summed E-state index contributed by atoms with van der Waals surface area (Å²) in [6.45, 7) is 6.53. The molecule has 2 aliphatic heterocycles. The molecular formula is C24H32N8O3. The van der Waals surface area contributed by atoms with Crippen LogP contribution in [0, 0.1) is 0 Å². The van der Waals surface area contributed by atoms with Gasteiger partial charge in [0.1, 0.15) is 0 Å². The van der Waals surface area contributed by atoms with E-state index in [2.05, 4.69) is 36.7 Å². The van der Waals surface area contributed by atoms with Gasteiger partial charge in [-0.3, -0.25) is 19.1 Å². The van der Waals surface area contributed by atoms with Crippen LogP contribution in [0.15, 0.2) is 34.1 Å². The van der Waals surface area contributed by atoms with Crippen LogP contribution in [0.3, 0.4) is 0 Å². The molecule has 0 radical (unpaired) electrons. The van der Waals surface area contributed by atoms with E-state index in [9.17, 15) is 9.59 Å². The summed E-state index contributed by atoms with van der Waals surface area (Å²) in [5.74, 6) is 1.11. The third-order valence-corrected chi connectivity index (χ3v) is 7.14. The quantitative estimate of drug-likeness (QED) is 0.483. The first-order valence-electron chi connectivity index (χ1n) is 12.1. The number of methoxy groups -OCH3 is 1. The van der Waals surface area contributed by atoms with E-state index in [0.29, 0.717) is 48.9 Å². The van der Waals surface area contributed by atoms with Gasteiger partial charge >= 0.3 is 11.1 Å². The second kappa shape index (κ2) is 9.74. The van der Waals surface area contributed by atoms with Gasteiger partial charge in [0.15, 0.2) is 5.65 Å².